The molecule has 1 fully saturated rings. The van der Waals surface area contributed by atoms with E-state index in [0.717, 1.165) is 28.9 Å². The molecular weight excluding hydrogens is 297 g/mol. The van der Waals surface area contributed by atoms with Crippen LogP contribution in [0.3, 0.4) is 0 Å². The number of hydrogen-bond donors (Lipinski definition) is 1. The molecule has 1 saturated heterocycles. The van der Waals surface area contributed by atoms with Crippen molar-refractivity contribution in [2.24, 2.45) is 5.84 Å². The van der Waals surface area contributed by atoms with Crippen LogP contribution in [0.2, 0.25) is 0 Å². The van der Waals surface area contributed by atoms with Crippen LogP contribution in [0.4, 0.5) is 13.2 Å². The van der Waals surface area contributed by atoms with Gasteiger partial charge in [-0.2, -0.15) is 13.2 Å². The Kier molecular flexibility index (Phi) is 3.66. The van der Waals surface area contributed by atoms with Gasteiger partial charge in [0.25, 0.3) is 5.91 Å². The van der Waals surface area contributed by atoms with Gasteiger partial charge < -0.3 is 0 Å². The van der Waals surface area contributed by atoms with Gasteiger partial charge in [-0.15, -0.1) is 0 Å². The molecule has 1 heterocycles. The number of amides is 1. The summed E-state index contributed by atoms with van der Waals surface area (Å²) in [5.41, 5.74) is -0.902. The standard InChI is InChI=1S/C11H7F3N2OS2/c12-11(13,14)7-4-2-1-3-6(7)5-8-9(17)16(15)10(18)19-8/h1-5H,15H2/b8-5-. The Morgan fingerprint density at radius 2 is 1.95 bits per heavy atom. The Bertz CT molecular complexity index is 584. The molecule has 1 aromatic rings. The lowest BCUT2D eigenvalue weighted by atomic mass is 10.1. The van der Waals surface area contributed by atoms with E-state index in [1.54, 1.807) is 0 Å². The normalized spacial score (nSPS) is 18.5. The van der Waals surface area contributed by atoms with Gasteiger partial charge in [-0.1, -0.05) is 42.2 Å². The summed E-state index contributed by atoms with van der Waals surface area (Å²) in [6.45, 7) is 0. The monoisotopic (exact) mass is 304 g/mol. The summed E-state index contributed by atoms with van der Waals surface area (Å²) in [7, 11) is 0. The summed E-state index contributed by atoms with van der Waals surface area (Å²) in [6, 6.07) is 4.99. The maximum Gasteiger partial charge on any atom is 0.416 e. The van der Waals surface area contributed by atoms with Gasteiger partial charge in [-0.05, 0) is 17.7 Å². The van der Waals surface area contributed by atoms with Gasteiger partial charge in [-0.25, -0.2) is 10.9 Å². The fourth-order valence-electron chi connectivity index (χ4n) is 1.50. The predicted octanol–water partition coefficient (Wildman–Crippen LogP) is 2.78. The number of nitrogens with two attached hydrogens (primary N) is 1. The van der Waals surface area contributed by atoms with E-state index in [1.807, 2.05) is 0 Å². The molecule has 0 atom stereocenters. The van der Waals surface area contributed by atoms with Crippen molar-refractivity contribution in [3.63, 3.8) is 0 Å². The van der Waals surface area contributed by atoms with Crippen molar-refractivity contribution >= 4 is 40.3 Å². The average molecular weight is 304 g/mol. The highest BCUT2D eigenvalue weighted by Gasteiger charge is 2.34. The van der Waals surface area contributed by atoms with E-state index in [1.165, 1.54) is 18.2 Å². The minimum atomic E-state index is -4.48. The second-order valence-electron chi connectivity index (χ2n) is 3.64. The van der Waals surface area contributed by atoms with E-state index in [-0.39, 0.29) is 14.8 Å². The SMILES string of the molecule is NN1C(=O)/C(=C/c2ccccc2C(F)(F)F)SC1=S. The molecular formula is C11H7F3N2OS2. The molecule has 0 saturated carbocycles. The van der Waals surface area contributed by atoms with Crippen molar-refractivity contribution in [1.29, 1.82) is 0 Å². The molecule has 2 rings (SSSR count). The quantitative estimate of drug-likeness (QED) is 0.375. The summed E-state index contributed by atoms with van der Waals surface area (Å²) < 4.78 is 38.5. The molecule has 19 heavy (non-hydrogen) atoms. The number of rotatable bonds is 1. The Labute approximate surface area is 116 Å². The van der Waals surface area contributed by atoms with Crippen LogP contribution in [0.15, 0.2) is 29.2 Å². The molecule has 0 aliphatic carbocycles. The summed E-state index contributed by atoms with van der Waals surface area (Å²) >= 11 is 5.67. The zero-order valence-corrected chi connectivity index (χ0v) is 10.9. The van der Waals surface area contributed by atoms with Gasteiger partial charge in [0.2, 0.25) is 0 Å². The fourth-order valence-corrected chi connectivity index (χ4v) is 2.60. The maximum atomic E-state index is 12.8. The number of nitrogens with zero attached hydrogens (tertiary/aromatic N) is 1. The molecule has 0 radical (unpaired) electrons. The predicted molar refractivity (Wildman–Crippen MR) is 70.6 cm³/mol. The number of thioether (sulfide) groups is 1. The van der Waals surface area contributed by atoms with Crippen LogP contribution in [0.5, 0.6) is 0 Å². The van der Waals surface area contributed by atoms with Crippen molar-refractivity contribution in [2.45, 2.75) is 6.18 Å². The zero-order valence-electron chi connectivity index (χ0n) is 9.27. The molecule has 100 valence electrons. The van der Waals surface area contributed by atoms with Crippen LogP contribution in [0.1, 0.15) is 11.1 Å². The third kappa shape index (κ3) is 2.80. The lowest BCUT2D eigenvalue weighted by Crippen LogP contribution is -2.34. The highest BCUT2D eigenvalue weighted by molar-refractivity contribution is 8.26. The Morgan fingerprint density at radius 1 is 1.32 bits per heavy atom. The van der Waals surface area contributed by atoms with E-state index in [4.69, 9.17) is 18.1 Å². The van der Waals surface area contributed by atoms with Crippen molar-refractivity contribution in [1.82, 2.24) is 5.01 Å². The number of halogens is 3. The number of hydrazine groups is 1. The smallest absolute Gasteiger partial charge is 0.267 e. The zero-order chi connectivity index (χ0) is 14.2. The Hall–Kier alpha value is -1.38. The number of thiocarbonyl (C=S) groups is 1. The highest BCUT2D eigenvalue weighted by atomic mass is 32.2. The molecule has 3 nitrogen and oxygen atoms in total. The van der Waals surface area contributed by atoms with Crippen LogP contribution in [0, 0.1) is 0 Å². The van der Waals surface area contributed by atoms with E-state index in [0.29, 0.717) is 0 Å². The molecule has 1 amide bonds. The lowest BCUT2D eigenvalue weighted by molar-refractivity contribution is -0.137. The summed E-state index contributed by atoms with van der Waals surface area (Å²) in [5.74, 6) is 4.74. The van der Waals surface area contributed by atoms with Crippen LogP contribution in [-0.4, -0.2) is 15.2 Å². The average Bonchev–Trinajstić information content (AvgIpc) is 2.56. The number of carbonyl (C=O) groups excluding carboxylic acids is 1. The topological polar surface area (TPSA) is 46.3 Å². The maximum absolute atomic E-state index is 12.8. The highest BCUT2D eigenvalue weighted by Crippen LogP contribution is 2.35. The van der Waals surface area contributed by atoms with E-state index in [9.17, 15) is 18.0 Å². The van der Waals surface area contributed by atoms with Crippen LogP contribution < -0.4 is 5.84 Å². The Morgan fingerprint density at radius 3 is 2.47 bits per heavy atom. The number of benzene rings is 1. The van der Waals surface area contributed by atoms with E-state index >= 15 is 0 Å². The van der Waals surface area contributed by atoms with Crippen LogP contribution in [-0.2, 0) is 11.0 Å². The molecule has 0 bridgehead atoms. The molecule has 2 N–H and O–H groups in total. The largest absolute Gasteiger partial charge is 0.416 e. The van der Waals surface area contributed by atoms with Crippen LogP contribution >= 0.6 is 24.0 Å². The third-order valence-electron chi connectivity index (χ3n) is 2.38. The third-order valence-corrected chi connectivity index (χ3v) is 3.71. The summed E-state index contributed by atoms with van der Waals surface area (Å²) in [4.78, 5) is 11.7. The summed E-state index contributed by atoms with van der Waals surface area (Å²) in [6.07, 6.45) is -3.34. The minimum absolute atomic E-state index is 0.0733. The van der Waals surface area contributed by atoms with Gasteiger partial charge >= 0.3 is 6.18 Å². The first kappa shape index (κ1) is 14.0. The van der Waals surface area contributed by atoms with Crippen molar-refractivity contribution < 1.29 is 18.0 Å². The van der Waals surface area contributed by atoms with E-state index in [2.05, 4.69) is 0 Å². The first-order chi connectivity index (χ1) is 8.80. The minimum Gasteiger partial charge on any atom is -0.267 e. The van der Waals surface area contributed by atoms with Gasteiger partial charge in [-0.3, -0.25) is 4.79 Å². The summed E-state index contributed by atoms with van der Waals surface area (Å²) in [5, 5.41) is 0.738. The first-order valence-corrected chi connectivity index (χ1v) is 6.22. The Balaban J connectivity index is 2.45. The van der Waals surface area contributed by atoms with E-state index < -0.39 is 17.6 Å². The lowest BCUT2D eigenvalue weighted by Gasteiger charge is -2.10. The molecule has 0 spiro atoms. The fraction of sp³-hybridized carbons (Fsp3) is 0.0909. The molecule has 1 aromatic carbocycles. The molecule has 1 aliphatic heterocycles. The number of hydrogen-bond acceptors (Lipinski definition) is 4. The van der Waals surface area contributed by atoms with Gasteiger partial charge in [0.05, 0.1) is 10.5 Å². The molecule has 1 aliphatic rings. The number of carbonyl (C=O) groups is 1. The second-order valence-corrected chi connectivity index (χ2v) is 5.31. The molecule has 0 unspecified atom stereocenters. The number of alkyl halides is 3. The van der Waals surface area contributed by atoms with Crippen molar-refractivity contribution in [3.05, 3.63) is 40.3 Å². The first-order valence-electron chi connectivity index (χ1n) is 4.99. The van der Waals surface area contributed by atoms with Crippen molar-refractivity contribution in [3.8, 4) is 0 Å². The van der Waals surface area contributed by atoms with Crippen molar-refractivity contribution in [2.75, 3.05) is 0 Å². The molecule has 8 heteroatoms. The van der Waals surface area contributed by atoms with Crippen LogP contribution in [0.25, 0.3) is 6.08 Å². The van der Waals surface area contributed by atoms with Gasteiger partial charge in [0.15, 0.2) is 4.32 Å². The second kappa shape index (κ2) is 4.95. The van der Waals surface area contributed by atoms with Gasteiger partial charge in [0.1, 0.15) is 0 Å². The van der Waals surface area contributed by atoms with Gasteiger partial charge in [0, 0.05) is 0 Å². The molecule has 0 aromatic heterocycles.